The molecule has 0 amide bonds. The molecule has 2 N–H and O–H groups in total. The maximum atomic E-state index is 11.2. The van der Waals surface area contributed by atoms with Crippen molar-refractivity contribution in [3.05, 3.63) is 47.1 Å². The number of hydrogen-bond donors (Lipinski definition) is 2. The van der Waals surface area contributed by atoms with Gasteiger partial charge >= 0.3 is 11.9 Å². The summed E-state index contributed by atoms with van der Waals surface area (Å²) < 4.78 is 9.18. The first-order valence-electron chi connectivity index (χ1n) is 10.1. The van der Waals surface area contributed by atoms with Crippen LogP contribution in [-0.4, -0.2) is 41.7 Å². The van der Waals surface area contributed by atoms with Gasteiger partial charge in [-0.2, -0.15) is 0 Å². The average molecular weight is 407 g/mol. The highest BCUT2D eigenvalue weighted by Gasteiger charge is 2.22. The summed E-state index contributed by atoms with van der Waals surface area (Å²) in [4.78, 5) is 22.3. The van der Waals surface area contributed by atoms with E-state index in [2.05, 4.69) is 47.6 Å². The first-order valence-corrected chi connectivity index (χ1v) is 10.1. The predicted molar refractivity (Wildman–Crippen MR) is 112 cm³/mol. The van der Waals surface area contributed by atoms with Crippen LogP contribution in [0.4, 0.5) is 0 Å². The molecule has 0 radical (unpaired) electrons. The third-order valence-corrected chi connectivity index (χ3v) is 4.81. The summed E-state index contributed by atoms with van der Waals surface area (Å²) in [5, 5.41) is 19.2. The second-order valence-corrected chi connectivity index (χ2v) is 7.61. The SMILES string of the molecule is COC(=O)[C@H](O)C/C(C)=C\CC[C@H](C)/C=C/C=C(\C)CCCC1=CC(=O)O[C@H]1O. The molecule has 162 valence electrons. The largest absolute Gasteiger partial charge is 0.467 e. The summed E-state index contributed by atoms with van der Waals surface area (Å²) in [5.41, 5.74) is 2.86. The van der Waals surface area contributed by atoms with Crippen LogP contribution in [0.25, 0.3) is 0 Å². The maximum Gasteiger partial charge on any atom is 0.335 e. The number of cyclic esters (lactones) is 1. The number of aliphatic hydroxyl groups is 2. The zero-order valence-electron chi connectivity index (χ0n) is 17.9. The standard InChI is InChI=1S/C23H34O6/c1-16(10-6-12-18(3)14-20(24)23(27)28-4)8-5-9-17(2)11-7-13-19-15-21(25)29-22(19)26/h5,8-9,12,15-16,20,22,24,26H,6-7,10-11,13-14H2,1-4H3/b8-5+,17-9+,18-12-/t16-,20-,22-/m1/s1. The number of esters is 2. The number of carbonyl (C=O) groups is 2. The molecule has 3 atom stereocenters. The van der Waals surface area contributed by atoms with Gasteiger partial charge in [-0.1, -0.05) is 42.4 Å². The van der Waals surface area contributed by atoms with E-state index >= 15 is 0 Å². The number of carbonyl (C=O) groups excluding carboxylic acids is 2. The van der Waals surface area contributed by atoms with E-state index in [9.17, 15) is 19.8 Å². The summed E-state index contributed by atoms with van der Waals surface area (Å²) in [7, 11) is 1.27. The Kier molecular flexibility index (Phi) is 11.2. The van der Waals surface area contributed by atoms with Gasteiger partial charge in [-0.05, 0) is 51.9 Å². The molecular formula is C23H34O6. The fourth-order valence-electron chi connectivity index (χ4n) is 3.00. The van der Waals surface area contributed by atoms with Gasteiger partial charge in [0, 0.05) is 18.1 Å². The Morgan fingerprint density at radius 3 is 2.69 bits per heavy atom. The van der Waals surface area contributed by atoms with E-state index in [1.54, 1.807) is 0 Å². The summed E-state index contributed by atoms with van der Waals surface area (Å²) >= 11 is 0. The van der Waals surface area contributed by atoms with Gasteiger partial charge in [0.05, 0.1) is 7.11 Å². The smallest absolute Gasteiger partial charge is 0.335 e. The van der Waals surface area contributed by atoms with E-state index in [1.807, 2.05) is 6.92 Å². The van der Waals surface area contributed by atoms with Crippen LogP contribution in [0.2, 0.25) is 0 Å². The van der Waals surface area contributed by atoms with Gasteiger partial charge in [0.15, 0.2) is 6.10 Å². The molecule has 1 rings (SSSR count). The van der Waals surface area contributed by atoms with E-state index in [4.69, 9.17) is 0 Å². The molecule has 0 spiro atoms. The van der Waals surface area contributed by atoms with Crippen molar-refractivity contribution in [1.82, 2.24) is 0 Å². The molecule has 6 heteroatoms. The number of hydrogen-bond acceptors (Lipinski definition) is 6. The van der Waals surface area contributed by atoms with Crippen LogP contribution < -0.4 is 0 Å². The molecule has 6 nitrogen and oxygen atoms in total. The van der Waals surface area contributed by atoms with Crippen LogP contribution in [0, 0.1) is 5.92 Å². The van der Waals surface area contributed by atoms with Crippen LogP contribution in [0.3, 0.4) is 0 Å². The van der Waals surface area contributed by atoms with Crippen molar-refractivity contribution >= 4 is 11.9 Å². The maximum absolute atomic E-state index is 11.2. The van der Waals surface area contributed by atoms with Crippen LogP contribution in [0.15, 0.2) is 47.1 Å². The fourth-order valence-corrected chi connectivity index (χ4v) is 3.00. The molecular weight excluding hydrogens is 372 g/mol. The van der Waals surface area contributed by atoms with Gasteiger partial charge in [0.25, 0.3) is 0 Å². The highest BCUT2D eigenvalue weighted by molar-refractivity contribution is 5.85. The minimum Gasteiger partial charge on any atom is -0.467 e. The third-order valence-electron chi connectivity index (χ3n) is 4.81. The van der Waals surface area contributed by atoms with E-state index < -0.39 is 24.3 Å². The second-order valence-electron chi connectivity index (χ2n) is 7.61. The zero-order chi connectivity index (χ0) is 21.8. The van der Waals surface area contributed by atoms with Crippen LogP contribution >= 0.6 is 0 Å². The normalized spacial score (nSPS) is 19.9. The van der Waals surface area contributed by atoms with Crippen LogP contribution in [0.1, 0.15) is 59.3 Å². The molecule has 0 fully saturated rings. The summed E-state index contributed by atoms with van der Waals surface area (Å²) in [6, 6.07) is 0. The van der Waals surface area contributed by atoms with Crippen molar-refractivity contribution in [2.24, 2.45) is 5.92 Å². The molecule has 29 heavy (non-hydrogen) atoms. The minimum absolute atomic E-state index is 0.299. The van der Waals surface area contributed by atoms with Gasteiger partial charge in [-0.15, -0.1) is 0 Å². The Labute approximate surface area is 173 Å². The fraction of sp³-hybridized carbons (Fsp3) is 0.565. The number of rotatable bonds is 12. The quantitative estimate of drug-likeness (QED) is 0.291. The molecule has 0 aromatic rings. The molecule has 0 bridgehead atoms. The van der Waals surface area contributed by atoms with Crippen LogP contribution in [0.5, 0.6) is 0 Å². The van der Waals surface area contributed by atoms with E-state index in [-0.39, 0.29) is 0 Å². The van der Waals surface area contributed by atoms with Crippen molar-refractivity contribution in [3.8, 4) is 0 Å². The molecule has 0 saturated carbocycles. The molecule has 1 aliphatic heterocycles. The van der Waals surface area contributed by atoms with Crippen molar-refractivity contribution in [2.45, 2.75) is 71.7 Å². The second kappa shape index (κ2) is 13.1. The Morgan fingerprint density at radius 1 is 1.34 bits per heavy atom. The van der Waals surface area contributed by atoms with Crippen LogP contribution in [-0.2, 0) is 19.1 Å². The van der Waals surface area contributed by atoms with E-state index in [1.165, 1.54) is 18.8 Å². The molecule has 1 heterocycles. The molecule has 0 aromatic heterocycles. The highest BCUT2D eigenvalue weighted by Crippen LogP contribution is 2.20. The Morgan fingerprint density at radius 2 is 2.07 bits per heavy atom. The molecule has 0 unspecified atom stereocenters. The Bertz CT molecular complexity index is 671. The molecule has 0 aromatic carbocycles. The van der Waals surface area contributed by atoms with E-state index in [0.717, 1.165) is 31.3 Å². The monoisotopic (exact) mass is 406 g/mol. The lowest BCUT2D eigenvalue weighted by Gasteiger charge is -2.09. The summed E-state index contributed by atoms with van der Waals surface area (Å²) in [5.74, 6) is -0.661. The number of allylic oxidation sites excluding steroid dienone is 5. The zero-order valence-corrected chi connectivity index (χ0v) is 17.9. The van der Waals surface area contributed by atoms with E-state index in [0.29, 0.717) is 24.3 Å². The topological polar surface area (TPSA) is 93.1 Å². The van der Waals surface area contributed by atoms with Gasteiger partial charge in [-0.25, -0.2) is 9.59 Å². The highest BCUT2D eigenvalue weighted by atomic mass is 16.6. The van der Waals surface area contributed by atoms with Crippen molar-refractivity contribution in [3.63, 3.8) is 0 Å². The number of methoxy groups -OCH3 is 1. The number of ether oxygens (including phenoxy) is 2. The lowest BCUT2D eigenvalue weighted by atomic mass is 10.0. The summed E-state index contributed by atoms with van der Waals surface area (Å²) in [6.07, 6.45) is 12.1. The Balaban J connectivity index is 2.28. The van der Waals surface area contributed by atoms with Gasteiger partial charge in [0.1, 0.15) is 0 Å². The number of aliphatic hydroxyl groups excluding tert-OH is 2. The third kappa shape index (κ3) is 10.2. The van der Waals surface area contributed by atoms with Gasteiger partial charge < -0.3 is 19.7 Å². The first-order chi connectivity index (χ1) is 13.7. The van der Waals surface area contributed by atoms with Crippen molar-refractivity contribution < 1.29 is 29.3 Å². The predicted octanol–water partition coefficient (Wildman–Crippen LogP) is 3.75. The van der Waals surface area contributed by atoms with Gasteiger partial charge in [0.2, 0.25) is 6.29 Å². The lowest BCUT2D eigenvalue weighted by Crippen LogP contribution is -2.21. The Hall–Kier alpha value is -2.18. The molecule has 0 saturated heterocycles. The minimum atomic E-state index is -1.09. The molecule has 1 aliphatic rings. The van der Waals surface area contributed by atoms with Gasteiger partial charge in [-0.3, -0.25) is 0 Å². The molecule has 0 aliphatic carbocycles. The summed E-state index contributed by atoms with van der Waals surface area (Å²) in [6.45, 7) is 6.12. The first kappa shape index (κ1) is 24.9. The average Bonchev–Trinajstić information content (AvgIpc) is 2.98. The van der Waals surface area contributed by atoms with Crippen molar-refractivity contribution in [2.75, 3.05) is 7.11 Å². The lowest BCUT2D eigenvalue weighted by molar-refractivity contribution is -0.151. The van der Waals surface area contributed by atoms with Crippen molar-refractivity contribution in [1.29, 1.82) is 0 Å².